The molecule has 0 saturated heterocycles. The largest absolute Gasteiger partial charge is 0.494 e. The molecule has 0 saturated carbocycles. The van der Waals surface area contributed by atoms with Crippen molar-refractivity contribution in [2.24, 2.45) is 0 Å². The molecule has 150 valence electrons. The fourth-order valence-corrected chi connectivity index (χ4v) is 2.34. The van der Waals surface area contributed by atoms with Gasteiger partial charge in [-0.2, -0.15) is 0 Å². The minimum Gasteiger partial charge on any atom is -0.494 e. The maximum Gasteiger partial charge on any atom is 0.408 e. The lowest BCUT2D eigenvalue weighted by Crippen LogP contribution is -2.45. The Morgan fingerprint density at radius 2 is 1.57 bits per heavy atom. The lowest BCUT2D eigenvalue weighted by molar-refractivity contribution is -0.147. The quantitative estimate of drug-likeness (QED) is 0.693. The van der Waals surface area contributed by atoms with E-state index in [-0.39, 0.29) is 19.6 Å². The summed E-state index contributed by atoms with van der Waals surface area (Å²) in [5.74, 6) is 0.155. The van der Waals surface area contributed by atoms with Gasteiger partial charge in [0.05, 0.1) is 6.61 Å². The molecule has 2 aromatic rings. The first kappa shape index (κ1) is 21.3. The average molecular weight is 385 g/mol. The molecule has 6 heteroatoms. The highest BCUT2D eigenvalue weighted by molar-refractivity contribution is 5.81. The number of nitrogens with one attached hydrogen (secondary N) is 1. The summed E-state index contributed by atoms with van der Waals surface area (Å²) in [5, 5.41) is 2.58. The summed E-state index contributed by atoms with van der Waals surface area (Å²) in [5.41, 5.74) is 0.204. The van der Waals surface area contributed by atoms with Crippen LogP contribution in [-0.2, 0) is 20.9 Å². The van der Waals surface area contributed by atoms with Crippen LogP contribution >= 0.6 is 0 Å². The minimum absolute atomic E-state index is 0.131. The Bertz CT molecular complexity index is 741. The van der Waals surface area contributed by atoms with E-state index < -0.39 is 23.7 Å². The minimum atomic E-state index is -0.873. The van der Waals surface area contributed by atoms with Crippen LogP contribution in [0.5, 0.6) is 5.75 Å². The molecule has 0 bridgehead atoms. The second-order valence-electron chi connectivity index (χ2n) is 7.24. The lowest BCUT2D eigenvalue weighted by atomic mass is 10.2. The Balaban J connectivity index is 1.93. The van der Waals surface area contributed by atoms with Crippen molar-refractivity contribution in [3.8, 4) is 5.75 Å². The molecule has 6 nitrogen and oxygen atoms in total. The van der Waals surface area contributed by atoms with E-state index >= 15 is 0 Å². The van der Waals surface area contributed by atoms with E-state index in [1.54, 1.807) is 20.8 Å². The van der Waals surface area contributed by atoms with Crippen LogP contribution in [0.3, 0.4) is 0 Å². The highest BCUT2D eigenvalue weighted by atomic mass is 16.6. The van der Waals surface area contributed by atoms with Crippen LogP contribution < -0.4 is 10.1 Å². The van der Waals surface area contributed by atoms with Crippen molar-refractivity contribution in [3.63, 3.8) is 0 Å². The third-order valence-corrected chi connectivity index (χ3v) is 3.62. The van der Waals surface area contributed by atoms with Crippen LogP contribution in [0.15, 0.2) is 60.7 Å². The van der Waals surface area contributed by atoms with Crippen LogP contribution in [0.1, 0.15) is 32.8 Å². The summed E-state index contributed by atoms with van der Waals surface area (Å²) in [6, 6.07) is 17.7. The Morgan fingerprint density at radius 3 is 2.18 bits per heavy atom. The summed E-state index contributed by atoms with van der Waals surface area (Å²) < 4.78 is 16.2. The van der Waals surface area contributed by atoms with E-state index in [0.29, 0.717) is 5.75 Å². The van der Waals surface area contributed by atoms with E-state index in [2.05, 4.69) is 5.32 Å². The molecule has 1 atom stereocenters. The summed E-state index contributed by atoms with van der Waals surface area (Å²) in [7, 11) is 0. The number of hydrogen-bond acceptors (Lipinski definition) is 5. The molecule has 0 fully saturated rings. The monoisotopic (exact) mass is 385 g/mol. The molecule has 0 aliphatic rings. The third-order valence-electron chi connectivity index (χ3n) is 3.62. The van der Waals surface area contributed by atoms with Gasteiger partial charge < -0.3 is 19.5 Å². The molecule has 2 rings (SSSR count). The smallest absolute Gasteiger partial charge is 0.408 e. The van der Waals surface area contributed by atoms with E-state index in [1.807, 2.05) is 60.7 Å². The van der Waals surface area contributed by atoms with Crippen LogP contribution in [0.2, 0.25) is 0 Å². The van der Waals surface area contributed by atoms with Gasteiger partial charge in [0.25, 0.3) is 0 Å². The van der Waals surface area contributed by atoms with Crippen molar-refractivity contribution >= 4 is 12.1 Å². The van der Waals surface area contributed by atoms with Gasteiger partial charge in [0, 0.05) is 6.42 Å². The fraction of sp³-hybridized carbons (Fsp3) is 0.364. The number of para-hydroxylation sites is 1. The zero-order chi connectivity index (χ0) is 20.4. The van der Waals surface area contributed by atoms with Crippen molar-refractivity contribution in [2.45, 2.75) is 45.4 Å². The number of amides is 1. The second kappa shape index (κ2) is 10.3. The summed E-state index contributed by atoms with van der Waals surface area (Å²) in [6.07, 6.45) is -0.421. The fourth-order valence-electron chi connectivity index (χ4n) is 2.34. The van der Waals surface area contributed by atoms with E-state index in [9.17, 15) is 9.59 Å². The number of benzene rings is 2. The number of hydrogen-bond donors (Lipinski definition) is 1. The first-order valence-corrected chi connectivity index (χ1v) is 9.21. The van der Waals surface area contributed by atoms with Crippen molar-refractivity contribution < 1.29 is 23.8 Å². The SMILES string of the molecule is CC(C)(C)OC(=O)N[C@@H](CCOc1ccccc1)C(=O)OCc1ccccc1. The number of rotatable bonds is 8. The van der Waals surface area contributed by atoms with Gasteiger partial charge in [-0.05, 0) is 38.5 Å². The molecule has 2 aromatic carbocycles. The molecule has 0 spiro atoms. The first-order chi connectivity index (χ1) is 13.3. The van der Waals surface area contributed by atoms with Gasteiger partial charge >= 0.3 is 12.1 Å². The maximum absolute atomic E-state index is 12.5. The molecule has 28 heavy (non-hydrogen) atoms. The van der Waals surface area contributed by atoms with Crippen molar-refractivity contribution in [3.05, 3.63) is 66.2 Å². The average Bonchev–Trinajstić information content (AvgIpc) is 2.65. The molecule has 0 unspecified atom stereocenters. The first-order valence-electron chi connectivity index (χ1n) is 9.21. The zero-order valence-corrected chi connectivity index (χ0v) is 16.5. The molecule has 0 radical (unpaired) electrons. The molecule has 0 heterocycles. The molecule has 1 N–H and O–H groups in total. The molecule has 0 aliphatic carbocycles. The topological polar surface area (TPSA) is 73.9 Å². The number of carbonyl (C=O) groups is 2. The lowest BCUT2D eigenvalue weighted by Gasteiger charge is -2.23. The zero-order valence-electron chi connectivity index (χ0n) is 16.5. The molecule has 1 amide bonds. The van der Waals surface area contributed by atoms with Gasteiger partial charge in [-0.1, -0.05) is 48.5 Å². The highest BCUT2D eigenvalue weighted by Crippen LogP contribution is 2.11. The predicted molar refractivity (Wildman–Crippen MR) is 106 cm³/mol. The number of carbonyl (C=O) groups excluding carboxylic acids is 2. The normalized spacial score (nSPS) is 12.0. The van der Waals surface area contributed by atoms with Crippen LogP contribution in [0, 0.1) is 0 Å². The highest BCUT2D eigenvalue weighted by Gasteiger charge is 2.25. The van der Waals surface area contributed by atoms with Gasteiger partial charge in [0.2, 0.25) is 0 Å². The van der Waals surface area contributed by atoms with Gasteiger partial charge in [0.15, 0.2) is 0 Å². The number of esters is 1. The summed E-state index contributed by atoms with van der Waals surface area (Å²) in [4.78, 5) is 24.6. The van der Waals surface area contributed by atoms with Crippen LogP contribution in [-0.4, -0.2) is 30.3 Å². The second-order valence-corrected chi connectivity index (χ2v) is 7.24. The predicted octanol–water partition coefficient (Wildman–Crippen LogP) is 4.09. The Kier molecular flexibility index (Phi) is 7.87. The van der Waals surface area contributed by atoms with Gasteiger partial charge in [-0.25, -0.2) is 9.59 Å². The Labute approximate surface area is 165 Å². The Morgan fingerprint density at radius 1 is 0.964 bits per heavy atom. The van der Waals surface area contributed by atoms with Crippen molar-refractivity contribution in [1.29, 1.82) is 0 Å². The van der Waals surface area contributed by atoms with E-state index in [1.165, 1.54) is 0 Å². The van der Waals surface area contributed by atoms with Crippen LogP contribution in [0.4, 0.5) is 4.79 Å². The molecule has 0 aliphatic heterocycles. The van der Waals surface area contributed by atoms with Gasteiger partial charge in [0.1, 0.15) is 24.0 Å². The van der Waals surface area contributed by atoms with Gasteiger partial charge in [-0.15, -0.1) is 0 Å². The maximum atomic E-state index is 12.5. The van der Waals surface area contributed by atoms with E-state index in [4.69, 9.17) is 14.2 Å². The third kappa shape index (κ3) is 8.12. The van der Waals surface area contributed by atoms with Crippen LogP contribution in [0.25, 0.3) is 0 Å². The standard InChI is InChI=1S/C22H27NO5/c1-22(2,3)28-21(25)23-19(14-15-26-18-12-8-5-9-13-18)20(24)27-16-17-10-6-4-7-11-17/h4-13,19H,14-16H2,1-3H3,(H,23,25)/t19-/m0/s1. The van der Waals surface area contributed by atoms with Crippen molar-refractivity contribution in [1.82, 2.24) is 5.32 Å². The van der Waals surface area contributed by atoms with E-state index in [0.717, 1.165) is 5.56 Å². The summed E-state index contributed by atoms with van der Waals surface area (Å²) in [6.45, 7) is 5.64. The number of alkyl carbamates (subject to hydrolysis) is 1. The van der Waals surface area contributed by atoms with Crippen molar-refractivity contribution in [2.75, 3.05) is 6.61 Å². The molecular weight excluding hydrogens is 358 g/mol. The number of ether oxygens (including phenoxy) is 3. The summed E-state index contributed by atoms with van der Waals surface area (Å²) >= 11 is 0. The molecule has 0 aromatic heterocycles. The molecular formula is C22H27NO5. The van der Waals surface area contributed by atoms with Gasteiger partial charge in [-0.3, -0.25) is 0 Å². The Hall–Kier alpha value is -3.02.